The number of nitrogens with zero attached hydrogens (tertiary/aromatic N) is 2. The molecule has 2 amide bonds. The van der Waals surface area contributed by atoms with Crippen molar-refractivity contribution in [3.63, 3.8) is 0 Å². The van der Waals surface area contributed by atoms with E-state index < -0.39 is 0 Å². The Balaban J connectivity index is 1.57. The van der Waals surface area contributed by atoms with E-state index >= 15 is 0 Å². The fourth-order valence-electron chi connectivity index (χ4n) is 3.06. The van der Waals surface area contributed by atoms with E-state index in [0.29, 0.717) is 26.2 Å². The van der Waals surface area contributed by atoms with Gasteiger partial charge in [0.25, 0.3) is 0 Å². The molecule has 5 nitrogen and oxygen atoms in total. The van der Waals surface area contributed by atoms with Crippen molar-refractivity contribution in [2.24, 2.45) is 0 Å². The van der Waals surface area contributed by atoms with Crippen LogP contribution in [-0.4, -0.2) is 42.2 Å². The number of phenols is 1. The zero-order valence-electron chi connectivity index (χ0n) is 14.2. The lowest BCUT2D eigenvalue weighted by Gasteiger charge is -2.36. The van der Waals surface area contributed by atoms with Crippen LogP contribution in [0.2, 0.25) is 0 Å². The van der Waals surface area contributed by atoms with E-state index in [1.807, 2.05) is 54.3 Å². The first-order chi connectivity index (χ1) is 12.1. The Bertz CT molecular complexity index is 745. The van der Waals surface area contributed by atoms with E-state index in [0.717, 1.165) is 15.7 Å². The number of amides is 2. The maximum atomic E-state index is 12.5. The number of piperazine rings is 1. The maximum Gasteiger partial charge on any atom is 0.317 e. The predicted molar refractivity (Wildman–Crippen MR) is 103 cm³/mol. The van der Waals surface area contributed by atoms with Gasteiger partial charge in [-0.3, -0.25) is 0 Å². The second-order valence-corrected chi connectivity index (χ2v) is 7.01. The van der Waals surface area contributed by atoms with Gasteiger partial charge in [0.2, 0.25) is 0 Å². The van der Waals surface area contributed by atoms with Gasteiger partial charge in [0.15, 0.2) is 0 Å². The lowest BCUT2D eigenvalue weighted by Crippen LogP contribution is -2.52. The van der Waals surface area contributed by atoms with Crippen LogP contribution in [0, 0.1) is 0 Å². The van der Waals surface area contributed by atoms with Crippen LogP contribution >= 0.6 is 15.9 Å². The number of para-hydroxylation sites is 2. The van der Waals surface area contributed by atoms with Crippen LogP contribution in [-0.2, 0) is 0 Å². The SMILES string of the molecule is CC(NC(=O)N1CCN(c2ccccc2O)CC1)c1ccccc1Br. The summed E-state index contributed by atoms with van der Waals surface area (Å²) in [5.74, 6) is 0.281. The highest BCUT2D eigenvalue weighted by Crippen LogP contribution is 2.27. The third-order valence-corrected chi connectivity index (χ3v) is 5.22. The van der Waals surface area contributed by atoms with Crippen LogP contribution in [0.4, 0.5) is 10.5 Å². The van der Waals surface area contributed by atoms with Gasteiger partial charge in [0.05, 0.1) is 11.7 Å². The van der Waals surface area contributed by atoms with E-state index in [4.69, 9.17) is 0 Å². The molecule has 25 heavy (non-hydrogen) atoms. The molecule has 2 aromatic rings. The minimum Gasteiger partial charge on any atom is -0.506 e. The van der Waals surface area contributed by atoms with Gasteiger partial charge in [0, 0.05) is 30.7 Å². The zero-order chi connectivity index (χ0) is 17.8. The molecule has 1 heterocycles. The molecule has 1 atom stereocenters. The Morgan fingerprint density at radius 1 is 1.08 bits per heavy atom. The first-order valence-corrected chi connectivity index (χ1v) is 9.18. The van der Waals surface area contributed by atoms with Crippen LogP contribution in [0.15, 0.2) is 53.0 Å². The number of carbonyl (C=O) groups excluding carboxylic acids is 1. The highest BCUT2D eigenvalue weighted by molar-refractivity contribution is 9.10. The molecule has 2 N–H and O–H groups in total. The van der Waals surface area contributed by atoms with Crippen LogP contribution in [0.1, 0.15) is 18.5 Å². The lowest BCUT2D eigenvalue weighted by molar-refractivity contribution is 0.191. The third kappa shape index (κ3) is 4.07. The maximum absolute atomic E-state index is 12.5. The monoisotopic (exact) mass is 403 g/mol. The lowest BCUT2D eigenvalue weighted by atomic mass is 10.1. The summed E-state index contributed by atoms with van der Waals surface area (Å²) in [6.07, 6.45) is 0. The topological polar surface area (TPSA) is 55.8 Å². The predicted octanol–water partition coefficient (Wildman–Crippen LogP) is 3.75. The smallest absolute Gasteiger partial charge is 0.317 e. The molecule has 0 aliphatic carbocycles. The molecule has 0 aromatic heterocycles. The van der Waals surface area contributed by atoms with Crippen molar-refractivity contribution in [2.45, 2.75) is 13.0 Å². The summed E-state index contributed by atoms with van der Waals surface area (Å²) in [5.41, 5.74) is 1.88. The van der Waals surface area contributed by atoms with E-state index in [2.05, 4.69) is 26.1 Å². The third-order valence-electron chi connectivity index (χ3n) is 4.50. The van der Waals surface area contributed by atoms with Crippen molar-refractivity contribution in [1.29, 1.82) is 0 Å². The molecule has 1 fully saturated rings. The van der Waals surface area contributed by atoms with Gasteiger partial charge >= 0.3 is 6.03 Å². The Labute approximate surface area is 156 Å². The van der Waals surface area contributed by atoms with Gasteiger partial charge in [0.1, 0.15) is 5.75 Å². The number of phenolic OH excluding ortho intramolecular Hbond substituents is 1. The summed E-state index contributed by atoms with van der Waals surface area (Å²) in [6, 6.07) is 15.1. The van der Waals surface area contributed by atoms with E-state index in [-0.39, 0.29) is 17.8 Å². The number of aromatic hydroxyl groups is 1. The molecular weight excluding hydrogens is 382 g/mol. The number of carbonyl (C=O) groups is 1. The number of hydrogen-bond donors (Lipinski definition) is 2. The Morgan fingerprint density at radius 3 is 2.40 bits per heavy atom. The largest absolute Gasteiger partial charge is 0.506 e. The van der Waals surface area contributed by atoms with E-state index in [9.17, 15) is 9.90 Å². The van der Waals surface area contributed by atoms with Crippen molar-refractivity contribution in [2.75, 3.05) is 31.1 Å². The highest BCUT2D eigenvalue weighted by atomic mass is 79.9. The van der Waals surface area contributed by atoms with E-state index in [1.54, 1.807) is 6.07 Å². The van der Waals surface area contributed by atoms with Gasteiger partial charge in [-0.05, 0) is 30.7 Å². The molecule has 2 aromatic carbocycles. The summed E-state index contributed by atoms with van der Waals surface area (Å²) < 4.78 is 0.993. The molecule has 0 radical (unpaired) electrons. The second kappa shape index (κ2) is 7.78. The fourth-order valence-corrected chi connectivity index (χ4v) is 3.69. The van der Waals surface area contributed by atoms with Crippen molar-refractivity contribution in [1.82, 2.24) is 10.2 Å². The highest BCUT2D eigenvalue weighted by Gasteiger charge is 2.23. The van der Waals surface area contributed by atoms with Gasteiger partial charge < -0.3 is 20.2 Å². The molecular formula is C19H22BrN3O2. The first kappa shape index (κ1) is 17.6. The quantitative estimate of drug-likeness (QED) is 0.820. The number of rotatable bonds is 3. The summed E-state index contributed by atoms with van der Waals surface area (Å²) in [5, 5.41) is 13.0. The molecule has 6 heteroatoms. The summed E-state index contributed by atoms with van der Waals surface area (Å²) in [7, 11) is 0. The number of benzene rings is 2. The van der Waals surface area contributed by atoms with Gasteiger partial charge in [-0.2, -0.15) is 0 Å². The number of anilines is 1. The second-order valence-electron chi connectivity index (χ2n) is 6.16. The summed E-state index contributed by atoms with van der Waals surface area (Å²) >= 11 is 3.53. The van der Waals surface area contributed by atoms with Crippen LogP contribution in [0.5, 0.6) is 5.75 Å². The van der Waals surface area contributed by atoms with Crippen molar-refractivity contribution in [3.05, 3.63) is 58.6 Å². The van der Waals surface area contributed by atoms with Crippen LogP contribution < -0.4 is 10.2 Å². The molecule has 3 rings (SSSR count). The van der Waals surface area contributed by atoms with Gasteiger partial charge in [-0.1, -0.05) is 46.3 Å². The molecule has 1 saturated heterocycles. The average Bonchev–Trinajstić information content (AvgIpc) is 2.62. The van der Waals surface area contributed by atoms with Crippen molar-refractivity contribution >= 4 is 27.6 Å². The van der Waals surface area contributed by atoms with Crippen molar-refractivity contribution < 1.29 is 9.90 Å². The van der Waals surface area contributed by atoms with Crippen LogP contribution in [0.25, 0.3) is 0 Å². The Morgan fingerprint density at radius 2 is 1.72 bits per heavy atom. The summed E-state index contributed by atoms with van der Waals surface area (Å²) in [6.45, 7) is 4.64. The molecule has 1 aliphatic heterocycles. The first-order valence-electron chi connectivity index (χ1n) is 8.39. The minimum absolute atomic E-state index is 0.0554. The molecule has 0 saturated carbocycles. The molecule has 132 valence electrons. The van der Waals surface area contributed by atoms with Crippen molar-refractivity contribution in [3.8, 4) is 5.75 Å². The van der Waals surface area contributed by atoms with Crippen LogP contribution in [0.3, 0.4) is 0 Å². The molecule has 0 bridgehead atoms. The fraction of sp³-hybridized carbons (Fsp3) is 0.316. The Hall–Kier alpha value is -2.21. The van der Waals surface area contributed by atoms with Gasteiger partial charge in [-0.25, -0.2) is 4.79 Å². The number of urea groups is 1. The zero-order valence-corrected chi connectivity index (χ0v) is 15.7. The standard InChI is InChI=1S/C19H22BrN3O2/c1-14(15-6-2-3-7-16(15)20)21-19(25)23-12-10-22(11-13-23)17-8-4-5-9-18(17)24/h2-9,14,24H,10-13H2,1H3,(H,21,25). The number of nitrogens with one attached hydrogen (secondary N) is 1. The normalized spacial score (nSPS) is 15.8. The van der Waals surface area contributed by atoms with Gasteiger partial charge in [-0.15, -0.1) is 0 Å². The molecule has 1 aliphatic rings. The summed E-state index contributed by atoms with van der Waals surface area (Å²) in [4.78, 5) is 16.5. The number of halogens is 1. The average molecular weight is 404 g/mol. The molecule has 0 spiro atoms. The molecule has 1 unspecified atom stereocenters. The Kier molecular flexibility index (Phi) is 5.48. The minimum atomic E-state index is -0.0701. The number of hydrogen-bond acceptors (Lipinski definition) is 3. The van der Waals surface area contributed by atoms with E-state index in [1.165, 1.54) is 0 Å².